The van der Waals surface area contributed by atoms with Crippen molar-refractivity contribution in [3.8, 4) is 0 Å². The van der Waals surface area contributed by atoms with Gasteiger partial charge in [0.1, 0.15) is 0 Å². The maximum absolute atomic E-state index is 12.4. The van der Waals surface area contributed by atoms with E-state index in [0.29, 0.717) is 6.54 Å². The molecule has 0 radical (unpaired) electrons. The van der Waals surface area contributed by atoms with Crippen LogP contribution >= 0.6 is 0 Å². The molecule has 2 aromatic rings. The molecule has 0 unspecified atom stereocenters. The average Bonchev–Trinajstić information content (AvgIpc) is 2.62. The highest BCUT2D eigenvalue weighted by Gasteiger charge is 2.09. The fourth-order valence-corrected chi connectivity index (χ4v) is 2.00. The molecular weight excluding hydrogens is 248 g/mol. The van der Waals surface area contributed by atoms with Gasteiger partial charge < -0.3 is 5.32 Å². The number of anilines is 1. The Morgan fingerprint density at radius 2 is 1.84 bits per heavy atom. The van der Waals surface area contributed by atoms with Crippen LogP contribution in [0, 0.1) is 13.8 Å². The number of alkyl halides is 2. The first kappa shape index (κ1) is 13.5. The lowest BCUT2D eigenvalue weighted by atomic mass is 10.1. The van der Waals surface area contributed by atoms with Gasteiger partial charge in [0.15, 0.2) is 0 Å². The van der Waals surface area contributed by atoms with E-state index in [1.165, 1.54) is 12.1 Å². The maximum atomic E-state index is 12.4. The average molecular weight is 265 g/mol. The normalized spacial score (nSPS) is 11.1. The second-order valence-electron chi connectivity index (χ2n) is 4.57. The molecule has 0 saturated heterocycles. The monoisotopic (exact) mass is 265 g/mol. The van der Waals surface area contributed by atoms with Crippen molar-refractivity contribution in [1.82, 2.24) is 9.78 Å². The van der Waals surface area contributed by atoms with E-state index in [1.807, 2.05) is 25.6 Å². The molecule has 0 atom stereocenters. The third-order valence-electron chi connectivity index (χ3n) is 3.21. The van der Waals surface area contributed by atoms with Gasteiger partial charge in [0.25, 0.3) is 6.43 Å². The Balaban J connectivity index is 2.06. The number of halogens is 2. The van der Waals surface area contributed by atoms with E-state index in [9.17, 15) is 8.78 Å². The summed E-state index contributed by atoms with van der Waals surface area (Å²) in [6.45, 7) is 4.52. The van der Waals surface area contributed by atoms with E-state index in [4.69, 9.17) is 0 Å². The minimum absolute atomic E-state index is 0.0532. The van der Waals surface area contributed by atoms with Crippen molar-refractivity contribution in [2.45, 2.75) is 26.8 Å². The molecule has 0 spiro atoms. The van der Waals surface area contributed by atoms with Crippen LogP contribution in [0.25, 0.3) is 0 Å². The van der Waals surface area contributed by atoms with Crippen LogP contribution in [0.2, 0.25) is 0 Å². The minimum atomic E-state index is -2.41. The van der Waals surface area contributed by atoms with Crippen LogP contribution in [0.15, 0.2) is 24.3 Å². The number of rotatable bonds is 4. The Labute approximate surface area is 111 Å². The number of aromatic nitrogens is 2. The highest BCUT2D eigenvalue weighted by atomic mass is 19.3. The Morgan fingerprint density at radius 1 is 1.21 bits per heavy atom. The second-order valence-corrected chi connectivity index (χ2v) is 4.57. The van der Waals surface area contributed by atoms with Gasteiger partial charge in [-0.15, -0.1) is 0 Å². The van der Waals surface area contributed by atoms with Crippen LogP contribution in [-0.2, 0) is 13.6 Å². The summed E-state index contributed by atoms with van der Waals surface area (Å²) in [7, 11) is 1.89. The zero-order valence-electron chi connectivity index (χ0n) is 11.2. The van der Waals surface area contributed by atoms with Crippen LogP contribution in [-0.4, -0.2) is 9.78 Å². The van der Waals surface area contributed by atoms with Crippen molar-refractivity contribution in [2.24, 2.45) is 7.05 Å². The molecule has 0 aliphatic heterocycles. The zero-order valence-corrected chi connectivity index (χ0v) is 11.2. The van der Waals surface area contributed by atoms with Gasteiger partial charge in [-0.1, -0.05) is 24.3 Å². The molecule has 19 heavy (non-hydrogen) atoms. The molecule has 1 N–H and O–H groups in total. The molecule has 102 valence electrons. The van der Waals surface area contributed by atoms with E-state index in [0.717, 1.165) is 22.6 Å². The molecular formula is C14H17F2N3. The summed E-state index contributed by atoms with van der Waals surface area (Å²) >= 11 is 0. The van der Waals surface area contributed by atoms with Gasteiger partial charge in [0, 0.05) is 19.2 Å². The van der Waals surface area contributed by atoms with Crippen molar-refractivity contribution in [2.75, 3.05) is 5.32 Å². The summed E-state index contributed by atoms with van der Waals surface area (Å²) in [5, 5.41) is 7.61. The Morgan fingerprint density at radius 3 is 2.32 bits per heavy atom. The lowest BCUT2D eigenvalue weighted by Gasteiger charge is -2.08. The van der Waals surface area contributed by atoms with Gasteiger partial charge in [-0.2, -0.15) is 5.10 Å². The summed E-state index contributed by atoms with van der Waals surface area (Å²) in [5.41, 5.74) is 4.01. The molecule has 0 saturated carbocycles. The van der Waals surface area contributed by atoms with Gasteiger partial charge in [-0.05, 0) is 19.4 Å². The quantitative estimate of drug-likeness (QED) is 0.915. The maximum Gasteiger partial charge on any atom is 0.263 e. The molecule has 0 aliphatic rings. The Kier molecular flexibility index (Phi) is 3.83. The first-order valence-electron chi connectivity index (χ1n) is 6.10. The Bertz CT molecular complexity index is 559. The summed E-state index contributed by atoms with van der Waals surface area (Å²) < 4.78 is 26.7. The van der Waals surface area contributed by atoms with Crippen molar-refractivity contribution < 1.29 is 8.78 Å². The molecule has 2 rings (SSSR count). The molecule has 0 fully saturated rings. The van der Waals surface area contributed by atoms with E-state index < -0.39 is 6.43 Å². The third kappa shape index (κ3) is 2.92. The third-order valence-corrected chi connectivity index (χ3v) is 3.21. The molecule has 0 amide bonds. The summed E-state index contributed by atoms with van der Waals surface area (Å²) in [6, 6.07) is 6.36. The van der Waals surface area contributed by atoms with Crippen LogP contribution in [0.1, 0.15) is 28.9 Å². The fourth-order valence-electron chi connectivity index (χ4n) is 2.00. The number of nitrogens with zero attached hydrogens (tertiary/aromatic N) is 2. The zero-order chi connectivity index (χ0) is 14.0. The largest absolute Gasteiger partial charge is 0.378 e. The lowest BCUT2D eigenvalue weighted by Crippen LogP contribution is -2.02. The highest BCUT2D eigenvalue weighted by Crippen LogP contribution is 2.21. The summed E-state index contributed by atoms with van der Waals surface area (Å²) in [6.07, 6.45) is -2.41. The summed E-state index contributed by atoms with van der Waals surface area (Å²) in [5.74, 6) is 0. The fraction of sp³-hybridized carbons (Fsp3) is 0.357. The van der Waals surface area contributed by atoms with Crippen LogP contribution in [0.4, 0.5) is 14.5 Å². The number of aryl methyl sites for hydroxylation is 2. The predicted molar refractivity (Wildman–Crippen MR) is 71.4 cm³/mol. The SMILES string of the molecule is Cc1nn(C)c(C)c1NCc1ccc(C(F)F)cc1. The first-order valence-corrected chi connectivity index (χ1v) is 6.10. The molecule has 1 aromatic carbocycles. The molecule has 1 aromatic heterocycles. The standard InChI is InChI=1S/C14H17F2N3/c1-9-13(10(2)19(3)18-9)17-8-11-4-6-12(7-5-11)14(15)16/h4-7,14,17H,8H2,1-3H3. The number of benzene rings is 1. The van der Waals surface area contributed by atoms with Gasteiger partial charge in [0.05, 0.1) is 17.1 Å². The van der Waals surface area contributed by atoms with Gasteiger partial charge in [0.2, 0.25) is 0 Å². The van der Waals surface area contributed by atoms with E-state index in [-0.39, 0.29) is 5.56 Å². The number of nitrogens with one attached hydrogen (secondary N) is 1. The van der Waals surface area contributed by atoms with Crippen LogP contribution in [0.5, 0.6) is 0 Å². The van der Waals surface area contributed by atoms with E-state index >= 15 is 0 Å². The Hall–Kier alpha value is -1.91. The van der Waals surface area contributed by atoms with Crippen molar-refractivity contribution in [1.29, 1.82) is 0 Å². The van der Waals surface area contributed by atoms with Gasteiger partial charge in [-0.3, -0.25) is 4.68 Å². The second kappa shape index (κ2) is 5.38. The smallest absolute Gasteiger partial charge is 0.263 e. The summed E-state index contributed by atoms with van der Waals surface area (Å²) in [4.78, 5) is 0. The van der Waals surface area contributed by atoms with Crippen LogP contribution in [0.3, 0.4) is 0 Å². The van der Waals surface area contributed by atoms with E-state index in [1.54, 1.807) is 12.1 Å². The topological polar surface area (TPSA) is 29.9 Å². The van der Waals surface area contributed by atoms with Gasteiger partial charge >= 0.3 is 0 Å². The van der Waals surface area contributed by atoms with E-state index in [2.05, 4.69) is 10.4 Å². The predicted octanol–water partition coefficient (Wildman–Crippen LogP) is 3.59. The van der Waals surface area contributed by atoms with Crippen molar-refractivity contribution in [3.63, 3.8) is 0 Å². The van der Waals surface area contributed by atoms with Gasteiger partial charge in [-0.25, -0.2) is 8.78 Å². The number of hydrogen-bond acceptors (Lipinski definition) is 2. The molecule has 0 aliphatic carbocycles. The number of hydrogen-bond donors (Lipinski definition) is 1. The lowest BCUT2D eigenvalue weighted by molar-refractivity contribution is 0.151. The van der Waals surface area contributed by atoms with Crippen molar-refractivity contribution >= 4 is 5.69 Å². The van der Waals surface area contributed by atoms with Crippen LogP contribution < -0.4 is 5.32 Å². The molecule has 5 heteroatoms. The van der Waals surface area contributed by atoms with Crippen molar-refractivity contribution in [3.05, 3.63) is 46.8 Å². The minimum Gasteiger partial charge on any atom is -0.378 e. The molecule has 0 bridgehead atoms. The highest BCUT2D eigenvalue weighted by molar-refractivity contribution is 5.52. The first-order chi connectivity index (χ1) is 8.99. The molecule has 1 heterocycles. The molecule has 3 nitrogen and oxygen atoms in total.